The zero-order chi connectivity index (χ0) is 12.7. The third-order valence-electron chi connectivity index (χ3n) is 2.19. The van der Waals surface area contributed by atoms with Gasteiger partial charge in [0.15, 0.2) is 0 Å². The third kappa shape index (κ3) is 3.30. The number of nitrogens with one attached hydrogen (secondary N) is 1. The van der Waals surface area contributed by atoms with Gasteiger partial charge in [-0.2, -0.15) is 0 Å². The molecule has 4 heteroatoms. The number of benzene rings is 1. The van der Waals surface area contributed by atoms with Crippen molar-refractivity contribution in [1.29, 1.82) is 0 Å². The molecule has 4 nitrogen and oxygen atoms in total. The summed E-state index contributed by atoms with van der Waals surface area (Å²) < 4.78 is 15.7. The van der Waals surface area contributed by atoms with E-state index < -0.39 is 0 Å². The Morgan fingerprint density at radius 2 is 1.65 bits per heavy atom. The Balaban J connectivity index is 3.21. The highest BCUT2D eigenvalue weighted by Gasteiger charge is 2.10. The Kier molecular flexibility index (Phi) is 5.18. The van der Waals surface area contributed by atoms with E-state index in [0.29, 0.717) is 23.8 Å². The van der Waals surface area contributed by atoms with Crippen LogP contribution in [0.2, 0.25) is 0 Å². The number of hydrogen-bond donors (Lipinski definition) is 1. The van der Waals surface area contributed by atoms with Crippen LogP contribution in [0.3, 0.4) is 0 Å². The van der Waals surface area contributed by atoms with Crippen LogP contribution in [0.15, 0.2) is 12.1 Å². The van der Waals surface area contributed by atoms with Gasteiger partial charge in [0, 0.05) is 12.1 Å². The van der Waals surface area contributed by atoms with E-state index in [4.69, 9.17) is 14.2 Å². The summed E-state index contributed by atoms with van der Waals surface area (Å²) in [7, 11) is 6.63. The Hall–Kier alpha value is -1.86. The number of ether oxygens (including phenoxy) is 3. The van der Waals surface area contributed by atoms with E-state index >= 15 is 0 Å². The fraction of sp³-hybridized carbons (Fsp3) is 0.385. The van der Waals surface area contributed by atoms with Crippen LogP contribution in [0, 0.1) is 11.8 Å². The molecule has 1 N–H and O–H groups in total. The molecule has 1 aromatic rings. The molecule has 0 unspecified atom stereocenters. The first-order valence-corrected chi connectivity index (χ1v) is 5.20. The van der Waals surface area contributed by atoms with Gasteiger partial charge in [-0.15, -0.1) is 0 Å². The van der Waals surface area contributed by atoms with Crippen molar-refractivity contribution >= 4 is 0 Å². The van der Waals surface area contributed by atoms with E-state index in [-0.39, 0.29) is 0 Å². The summed E-state index contributed by atoms with van der Waals surface area (Å²) in [5.74, 6) is 7.96. The molecule has 0 fully saturated rings. The molecule has 0 aromatic heterocycles. The van der Waals surface area contributed by atoms with Gasteiger partial charge >= 0.3 is 0 Å². The van der Waals surface area contributed by atoms with Crippen LogP contribution < -0.4 is 19.5 Å². The molecule has 0 aliphatic heterocycles. The van der Waals surface area contributed by atoms with Gasteiger partial charge in [0.2, 0.25) is 0 Å². The largest absolute Gasteiger partial charge is 0.496 e. The van der Waals surface area contributed by atoms with Crippen molar-refractivity contribution in [2.45, 2.75) is 0 Å². The van der Waals surface area contributed by atoms with Crippen LogP contribution in [0.1, 0.15) is 5.56 Å². The first kappa shape index (κ1) is 13.2. The van der Waals surface area contributed by atoms with Gasteiger partial charge < -0.3 is 19.5 Å². The lowest BCUT2D eigenvalue weighted by molar-refractivity contribution is 0.374. The lowest BCUT2D eigenvalue weighted by Crippen LogP contribution is -2.04. The lowest BCUT2D eigenvalue weighted by Gasteiger charge is -2.11. The van der Waals surface area contributed by atoms with E-state index in [1.165, 1.54) is 0 Å². The van der Waals surface area contributed by atoms with Crippen LogP contribution in [0.4, 0.5) is 0 Å². The van der Waals surface area contributed by atoms with Gasteiger partial charge in [-0.1, -0.05) is 11.8 Å². The van der Waals surface area contributed by atoms with Crippen LogP contribution in [0.25, 0.3) is 0 Å². The fourth-order valence-electron chi connectivity index (χ4n) is 1.35. The predicted molar refractivity (Wildman–Crippen MR) is 66.9 cm³/mol. The maximum atomic E-state index is 5.28. The fourth-order valence-corrected chi connectivity index (χ4v) is 1.35. The molecule has 0 radical (unpaired) electrons. The summed E-state index contributed by atoms with van der Waals surface area (Å²) >= 11 is 0. The summed E-state index contributed by atoms with van der Waals surface area (Å²) in [4.78, 5) is 0. The molecule has 17 heavy (non-hydrogen) atoms. The lowest BCUT2D eigenvalue weighted by atomic mass is 10.1. The second kappa shape index (κ2) is 6.66. The van der Waals surface area contributed by atoms with Gasteiger partial charge in [0.25, 0.3) is 0 Å². The van der Waals surface area contributed by atoms with E-state index in [1.807, 2.05) is 7.05 Å². The zero-order valence-corrected chi connectivity index (χ0v) is 10.6. The van der Waals surface area contributed by atoms with Gasteiger partial charge in [-0.25, -0.2) is 0 Å². The zero-order valence-electron chi connectivity index (χ0n) is 10.6. The Morgan fingerprint density at radius 1 is 1.06 bits per heavy atom. The van der Waals surface area contributed by atoms with Crippen LogP contribution in [0.5, 0.6) is 17.2 Å². The number of rotatable bonds is 4. The second-order valence-electron chi connectivity index (χ2n) is 3.24. The summed E-state index contributed by atoms with van der Waals surface area (Å²) in [6, 6.07) is 3.57. The van der Waals surface area contributed by atoms with Crippen molar-refractivity contribution in [2.75, 3.05) is 34.9 Å². The molecule has 1 rings (SSSR count). The van der Waals surface area contributed by atoms with Crippen molar-refractivity contribution in [2.24, 2.45) is 0 Å². The summed E-state index contributed by atoms with van der Waals surface area (Å²) in [5.41, 5.74) is 0.728. The van der Waals surface area contributed by atoms with Crippen molar-refractivity contribution in [1.82, 2.24) is 5.32 Å². The molecular weight excluding hydrogens is 218 g/mol. The minimum absolute atomic E-state index is 0.609. The quantitative estimate of drug-likeness (QED) is 0.798. The molecule has 0 saturated carbocycles. The van der Waals surface area contributed by atoms with Gasteiger partial charge in [0.05, 0.1) is 27.9 Å². The predicted octanol–water partition coefficient (Wildman–Crippen LogP) is 1.28. The average Bonchev–Trinajstić information content (AvgIpc) is 2.38. The molecule has 0 atom stereocenters. The van der Waals surface area contributed by atoms with E-state index in [2.05, 4.69) is 17.2 Å². The molecule has 0 bridgehead atoms. The molecule has 0 saturated heterocycles. The summed E-state index contributed by atoms with van der Waals surface area (Å²) in [6.45, 7) is 0.609. The maximum absolute atomic E-state index is 5.28. The van der Waals surface area contributed by atoms with Gasteiger partial charge in [-0.05, 0) is 7.05 Å². The first-order valence-electron chi connectivity index (χ1n) is 5.20. The van der Waals surface area contributed by atoms with Crippen molar-refractivity contribution in [3.63, 3.8) is 0 Å². The minimum atomic E-state index is 0.609. The average molecular weight is 235 g/mol. The van der Waals surface area contributed by atoms with Gasteiger partial charge in [-0.3, -0.25) is 0 Å². The molecule has 0 spiro atoms. The van der Waals surface area contributed by atoms with Crippen molar-refractivity contribution in [3.05, 3.63) is 17.7 Å². The normalized spacial score (nSPS) is 9.18. The molecular formula is C13H17NO3. The monoisotopic (exact) mass is 235 g/mol. The molecule has 0 heterocycles. The molecule has 92 valence electrons. The first-order chi connectivity index (χ1) is 8.26. The van der Waals surface area contributed by atoms with Crippen molar-refractivity contribution < 1.29 is 14.2 Å². The van der Waals surface area contributed by atoms with Crippen LogP contribution in [-0.2, 0) is 0 Å². The van der Waals surface area contributed by atoms with Crippen LogP contribution >= 0.6 is 0 Å². The Bertz CT molecular complexity index is 407. The SMILES string of the molecule is CNCC#Cc1c(OC)cc(OC)cc1OC. The summed E-state index contributed by atoms with van der Waals surface area (Å²) in [5, 5.41) is 2.96. The highest BCUT2D eigenvalue weighted by atomic mass is 16.5. The number of methoxy groups -OCH3 is 3. The number of hydrogen-bond acceptors (Lipinski definition) is 4. The summed E-state index contributed by atoms with van der Waals surface area (Å²) in [6.07, 6.45) is 0. The minimum Gasteiger partial charge on any atom is -0.496 e. The third-order valence-corrected chi connectivity index (χ3v) is 2.19. The Labute approximate surface area is 102 Å². The van der Waals surface area contributed by atoms with Crippen LogP contribution in [-0.4, -0.2) is 34.9 Å². The molecule has 0 amide bonds. The van der Waals surface area contributed by atoms with Crippen molar-refractivity contribution in [3.8, 4) is 29.1 Å². The second-order valence-corrected chi connectivity index (χ2v) is 3.24. The maximum Gasteiger partial charge on any atom is 0.141 e. The van der Waals surface area contributed by atoms with Gasteiger partial charge in [0.1, 0.15) is 22.8 Å². The molecule has 1 aromatic carbocycles. The van der Waals surface area contributed by atoms with E-state index in [9.17, 15) is 0 Å². The van der Waals surface area contributed by atoms with E-state index in [0.717, 1.165) is 5.56 Å². The standard InChI is InChI=1S/C13H17NO3/c1-14-7-5-6-11-12(16-3)8-10(15-2)9-13(11)17-4/h8-9,14H,7H2,1-4H3. The Morgan fingerprint density at radius 3 is 2.06 bits per heavy atom. The smallest absolute Gasteiger partial charge is 0.141 e. The highest BCUT2D eigenvalue weighted by Crippen LogP contribution is 2.33. The highest BCUT2D eigenvalue weighted by molar-refractivity contribution is 5.58. The topological polar surface area (TPSA) is 39.7 Å². The molecule has 0 aliphatic rings. The van der Waals surface area contributed by atoms with E-state index in [1.54, 1.807) is 33.5 Å². The molecule has 0 aliphatic carbocycles.